The number of thiazole rings is 1. The van der Waals surface area contributed by atoms with Gasteiger partial charge in [0.1, 0.15) is 16.7 Å². The molecule has 4 heterocycles. The molecule has 3 aromatic rings. The van der Waals surface area contributed by atoms with Crippen LogP contribution in [-0.2, 0) is 6.42 Å². The van der Waals surface area contributed by atoms with E-state index in [1.807, 2.05) is 5.51 Å². The van der Waals surface area contributed by atoms with Crippen molar-refractivity contribution >= 4 is 52.2 Å². The highest BCUT2D eigenvalue weighted by Gasteiger charge is 2.47. The summed E-state index contributed by atoms with van der Waals surface area (Å²) in [6.45, 7) is 1.74. The Morgan fingerprint density at radius 2 is 1.97 bits per heavy atom. The van der Waals surface area contributed by atoms with E-state index in [4.69, 9.17) is 28.8 Å². The van der Waals surface area contributed by atoms with Crippen LogP contribution in [0.2, 0.25) is 5.02 Å². The number of halogens is 1. The molecule has 0 radical (unpaired) electrons. The van der Waals surface area contributed by atoms with E-state index in [0.29, 0.717) is 15.9 Å². The van der Waals surface area contributed by atoms with Gasteiger partial charge in [-0.05, 0) is 30.7 Å². The van der Waals surface area contributed by atoms with E-state index in [-0.39, 0.29) is 17.3 Å². The monoisotopic (exact) mass is 460 g/mol. The van der Waals surface area contributed by atoms with Gasteiger partial charge < -0.3 is 22.1 Å². The summed E-state index contributed by atoms with van der Waals surface area (Å²) >= 11 is 9.27. The molecule has 3 aromatic heterocycles. The van der Waals surface area contributed by atoms with Crippen molar-refractivity contribution < 1.29 is 0 Å². The molecule has 1 atom stereocenters. The quantitative estimate of drug-likeness (QED) is 0.538. The van der Waals surface area contributed by atoms with Gasteiger partial charge in [0, 0.05) is 29.1 Å². The molecule has 0 aromatic carbocycles. The maximum Gasteiger partial charge on any atom is 0.158 e. The molecule has 11 heteroatoms. The van der Waals surface area contributed by atoms with Crippen LogP contribution in [0.5, 0.6) is 0 Å². The number of hydrogen-bond acceptors (Lipinski definition) is 10. The first-order chi connectivity index (χ1) is 14.5. The number of nitrogen functional groups attached to an aromatic ring is 2. The van der Waals surface area contributed by atoms with Gasteiger partial charge in [-0.15, -0.1) is 11.3 Å². The molecule has 0 unspecified atom stereocenters. The molecule has 6 N–H and O–H groups in total. The second kappa shape index (κ2) is 7.52. The van der Waals surface area contributed by atoms with Gasteiger partial charge >= 0.3 is 0 Å². The number of rotatable bonds is 3. The van der Waals surface area contributed by atoms with Crippen molar-refractivity contribution in [3.05, 3.63) is 39.6 Å². The van der Waals surface area contributed by atoms with Crippen molar-refractivity contribution in [2.45, 2.75) is 35.2 Å². The molecule has 5 rings (SSSR count). The average molecular weight is 461 g/mol. The maximum absolute atomic E-state index is 6.58. The van der Waals surface area contributed by atoms with E-state index >= 15 is 0 Å². The van der Waals surface area contributed by atoms with E-state index in [1.165, 1.54) is 16.6 Å². The Kier molecular flexibility index (Phi) is 4.97. The maximum atomic E-state index is 6.58. The molecular weight excluding hydrogens is 440 g/mol. The molecular formula is C19H21ClN8S2. The van der Waals surface area contributed by atoms with Gasteiger partial charge in [0.2, 0.25) is 0 Å². The summed E-state index contributed by atoms with van der Waals surface area (Å²) in [5, 5.41) is 0.984. The highest BCUT2D eigenvalue weighted by Crippen LogP contribution is 2.51. The number of hydrogen-bond donors (Lipinski definition) is 3. The zero-order valence-electron chi connectivity index (χ0n) is 16.1. The van der Waals surface area contributed by atoms with Crippen LogP contribution in [0.25, 0.3) is 0 Å². The van der Waals surface area contributed by atoms with Crippen LogP contribution < -0.4 is 22.1 Å². The summed E-state index contributed by atoms with van der Waals surface area (Å²) in [4.78, 5) is 21.9. The van der Waals surface area contributed by atoms with Crippen LogP contribution in [-0.4, -0.2) is 33.0 Å². The number of piperidine rings is 1. The normalized spacial score (nSPS) is 19.9. The first-order valence-electron chi connectivity index (χ1n) is 9.60. The van der Waals surface area contributed by atoms with Crippen LogP contribution in [0, 0.1) is 5.41 Å². The van der Waals surface area contributed by atoms with Crippen molar-refractivity contribution in [1.29, 1.82) is 0 Å². The zero-order valence-corrected chi connectivity index (χ0v) is 18.5. The molecule has 0 bridgehead atoms. The third-order valence-corrected chi connectivity index (χ3v) is 8.49. The minimum Gasteiger partial charge on any atom is -0.382 e. The lowest BCUT2D eigenvalue weighted by molar-refractivity contribution is 0.186. The van der Waals surface area contributed by atoms with E-state index in [9.17, 15) is 0 Å². The SMILES string of the molecule is Nc1nc(N2CCC3(CC2)Cc2scnc2[C@H]3N)cnc1Sc1ccnc(N)c1Cl. The van der Waals surface area contributed by atoms with Gasteiger partial charge in [-0.1, -0.05) is 23.4 Å². The first-order valence-corrected chi connectivity index (χ1v) is 11.7. The molecule has 8 nitrogen and oxygen atoms in total. The van der Waals surface area contributed by atoms with Crippen molar-refractivity contribution in [3.8, 4) is 0 Å². The van der Waals surface area contributed by atoms with E-state index in [1.54, 1.807) is 29.8 Å². The summed E-state index contributed by atoms with van der Waals surface area (Å²) < 4.78 is 0. The molecule has 1 aliphatic carbocycles. The molecule has 2 aliphatic rings. The Morgan fingerprint density at radius 3 is 2.70 bits per heavy atom. The molecule has 30 heavy (non-hydrogen) atoms. The molecule has 1 saturated heterocycles. The lowest BCUT2D eigenvalue weighted by atomic mass is 9.73. The van der Waals surface area contributed by atoms with Gasteiger partial charge in [-0.2, -0.15) is 0 Å². The average Bonchev–Trinajstić information content (AvgIpc) is 3.29. The number of nitrogens with zero attached hydrogens (tertiary/aromatic N) is 5. The highest BCUT2D eigenvalue weighted by atomic mass is 35.5. The predicted octanol–water partition coefficient (Wildman–Crippen LogP) is 3.14. The van der Waals surface area contributed by atoms with E-state index in [2.05, 4.69) is 24.8 Å². The largest absolute Gasteiger partial charge is 0.382 e. The van der Waals surface area contributed by atoms with Gasteiger partial charge in [0.05, 0.1) is 28.5 Å². The Balaban J connectivity index is 1.29. The number of fused-ring (bicyclic) bond motifs is 1. The molecule has 1 aliphatic heterocycles. The van der Waals surface area contributed by atoms with E-state index < -0.39 is 0 Å². The molecule has 0 amide bonds. The fraction of sp³-hybridized carbons (Fsp3) is 0.368. The Bertz CT molecular complexity index is 1100. The number of nitrogens with two attached hydrogens (primary N) is 3. The van der Waals surface area contributed by atoms with Crippen molar-refractivity contribution in [1.82, 2.24) is 19.9 Å². The third kappa shape index (κ3) is 3.27. The van der Waals surface area contributed by atoms with Crippen molar-refractivity contribution in [2.24, 2.45) is 11.1 Å². The number of pyridine rings is 1. The summed E-state index contributed by atoms with van der Waals surface area (Å²) in [7, 11) is 0. The fourth-order valence-electron chi connectivity index (χ4n) is 4.29. The molecule has 0 saturated carbocycles. The highest BCUT2D eigenvalue weighted by molar-refractivity contribution is 7.99. The van der Waals surface area contributed by atoms with Gasteiger partial charge in [-0.25, -0.2) is 19.9 Å². The Hall–Kier alpha value is -2.14. The molecule has 1 fully saturated rings. The zero-order chi connectivity index (χ0) is 20.9. The summed E-state index contributed by atoms with van der Waals surface area (Å²) in [5.74, 6) is 1.43. The number of aromatic nitrogens is 4. The lowest BCUT2D eigenvalue weighted by Crippen LogP contribution is -2.44. The van der Waals surface area contributed by atoms with Crippen molar-refractivity contribution in [2.75, 3.05) is 29.5 Å². The van der Waals surface area contributed by atoms with Gasteiger partial charge in [0.15, 0.2) is 5.82 Å². The van der Waals surface area contributed by atoms with Crippen LogP contribution >= 0.6 is 34.7 Å². The molecule has 1 spiro atoms. The van der Waals surface area contributed by atoms with Gasteiger partial charge in [-0.3, -0.25) is 0 Å². The summed E-state index contributed by atoms with van der Waals surface area (Å²) in [6.07, 6.45) is 6.40. The Morgan fingerprint density at radius 1 is 1.17 bits per heavy atom. The minimum atomic E-state index is 0.0216. The molecule has 156 valence electrons. The van der Waals surface area contributed by atoms with Gasteiger partial charge in [0.25, 0.3) is 0 Å². The second-order valence-electron chi connectivity index (χ2n) is 7.69. The van der Waals surface area contributed by atoms with Crippen LogP contribution in [0.3, 0.4) is 0 Å². The standard InChI is InChI=1S/C19H21ClN8S2/c20-13-10(1-4-24-16(13)22)30-18-17(23)27-12(8-25-18)28-5-2-19(3-6-28)7-11-14(15(19)21)26-9-29-11/h1,4,8-9,15H,2-3,5-7,21H2,(H2,22,24)(H2,23,27)/t15-/m1/s1. The topological polar surface area (TPSA) is 133 Å². The van der Waals surface area contributed by atoms with Crippen LogP contribution in [0.15, 0.2) is 33.9 Å². The first kappa shape index (κ1) is 19.8. The lowest BCUT2D eigenvalue weighted by Gasteiger charge is -2.42. The Labute approximate surface area is 187 Å². The van der Waals surface area contributed by atoms with Crippen LogP contribution in [0.1, 0.15) is 29.5 Å². The second-order valence-corrected chi connectivity index (χ2v) is 10.0. The van der Waals surface area contributed by atoms with E-state index in [0.717, 1.165) is 48.8 Å². The van der Waals surface area contributed by atoms with Crippen molar-refractivity contribution in [3.63, 3.8) is 0 Å². The summed E-state index contributed by atoms with van der Waals surface area (Å²) in [5.41, 5.74) is 21.7. The minimum absolute atomic E-state index is 0.0216. The predicted molar refractivity (Wildman–Crippen MR) is 121 cm³/mol. The fourth-order valence-corrected chi connectivity index (χ4v) is 6.27. The van der Waals surface area contributed by atoms with Crippen LogP contribution in [0.4, 0.5) is 17.5 Å². The third-order valence-electron chi connectivity index (χ3n) is 6.06. The number of anilines is 3. The smallest absolute Gasteiger partial charge is 0.158 e. The summed E-state index contributed by atoms with van der Waals surface area (Å²) in [6, 6.07) is 1.80.